The van der Waals surface area contributed by atoms with Gasteiger partial charge in [-0.05, 0) is 20.3 Å². The molecule has 1 fully saturated rings. The average Bonchev–Trinajstić information content (AvgIpc) is 2.95. The molecule has 1 aromatic carbocycles. The lowest BCUT2D eigenvalue weighted by Crippen LogP contribution is -2.56. The van der Waals surface area contributed by atoms with Gasteiger partial charge in [0.1, 0.15) is 24.1 Å². The first-order chi connectivity index (χ1) is 19.2. The van der Waals surface area contributed by atoms with Crippen molar-refractivity contribution in [1.29, 1.82) is 0 Å². The molecular formula is C28H36N4O8. The molecule has 1 aliphatic heterocycles. The second-order valence-corrected chi connectivity index (χ2v) is 9.48. The fraction of sp³-hybridized carbons (Fsp3) is 0.464. The second kappa shape index (κ2) is 14.8. The van der Waals surface area contributed by atoms with Crippen molar-refractivity contribution in [1.82, 2.24) is 20.1 Å². The van der Waals surface area contributed by atoms with Crippen molar-refractivity contribution in [3.8, 4) is 17.0 Å². The molecular weight excluding hydrogens is 520 g/mol. The van der Waals surface area contributed by atoms with E-state index in [9.17, 15) is 24.3 Å². The normalized spacial score (nSPS) is 14.0. The SMILES string of the molecule is COCCOc1cc(C(=O)N[C@@H](CCC(=O)O)C(=O)N2CCN(C(=O)OC(C)C)CC2)nc(-c2ccccc2)c1. The molecule has 1 aliphatic rings. The number of aromatic nitrogens is 1. The van der Waals surface area contributed by atoms with Crippen LogP contribution in [0.5, 0.6) is 5.75 Å². The van der Waals surface area contributed by atoms with Crippen LogP contribution < -0.4 is 10.1 Å². The van der Waals surface area contributed by atoms with E-state index in [1.165, 1.54) is 15.9 Å². The molecule has 0 bridgehead atoms. The van der Waals surface area contributed by atoms with Crippen molar-refractivity contribution in [2.75, 3.05) is 46.5 Å². The first-order valence-electron chi connectivity index (χ1n) is 13.1. The van der Waals surface area contributed by atoms with Crippen LogP contribution in [0.2, 0.25) is 0 Å². The first-order valence-corrected chi connectivity index (χ1v) is 13.1. The van der Waals surface area contributed by atoms with Gasteiger partial charge in [0.15, 0.2) is 0 Å². The summed E-state index contributed by atoms with van der Waals surface area (Å²) in [6, 6.07) is 11.3. The lowest BCUT2D eigenvalue weighted by atomic mass is 10.1. The van der Waals surface area contributed by atoms with Crippen LogP contribution in [-0.4, -0.2) is 102 Å². The summed E-state index contributed by atoms with van der Waals surface area (Å²) in [5.41, 5.74) is 1.28. The summed E-state index contributed by atoms with van der Waals surface area (Å²) in [5, 5.41) is 11.9. The zero-order valence-electron chi connectivity index (χ0n) is 23.0. The summed E-state index contributed by atoms with van der Waals surface area (Å²) in [4.78, 5) is 57.7. The number of carboxylic acids is 1. The topological polar surface area (TPSA) is 148 Å². The number of hydrogen-bond donors (Lipinski definition) is 2. The van der Waals surface area contributed by atoms with Crippen molar-refractivity contribution in [3.63, 3.8) is 0 Å². The monoisotopic (exact) mass is 556 g/mol. The highest BCUT2D eigenvalue weighted by Crippen LogP contribution is 2.23. The maximum Gasteiger partial charge on any atom is 0.410 e. The highest BCUT2D eigenvalue weighted by Gasteiger charge is 2.31. The van der Waals surface area contributed by atoms with Crippen LogP contribution in [0.3, 0.4) is 0 Å². The minimum absolute atomic E-state index is 0.0168. The number of carbonyl (C=O) groups is 4. The van der Waals surface area contributed by atoms with Gasteiger partial charge in [-0.15, -0.1) is 0 Å². The predicted molar refractivity (Wildman–Crippen MR) is 145 cm³/mol. The first kappa shape index (κ1) is 30.4. The molecule has 1 saturated heterocycles. The van der Waals surface area contributed by atoms with E-state index in [-0.39, 0.29) is 57.4 Å². The molecule has 216 valence electrons. The summed E-state index contributed by atoms with van der Waals surface area (Å²) < 4.78 is 16.0. The molecule has 1 aromatic heterocycles. The van der Waals surface area contributed by atoms with Crippen LogP contribution >= 0.6 is 0 Å². The molecule has 0 spiro atoms. The van der Waals surface area contributed by atoms with Crippen LogP contribution in [0.15, 0.2) is 42.5 Å². The molecule has 40 heavy (non-hydrogen) atoms. The number of pyridine rings is 1. The van der Waals surface area contributed by atoms with Gasteiger partial charge in [-0.2, -0.15) is 0 Å². The second-order valence-electron chi connectivity index (χ2n) is 9.48. The highest BCUT2D eigenvalue weighted by molar-refractivity contribution is 5.97. The van der Waals surface area contributed by atoms with Gasteiger partial charge in [-0.1, -0.05) is 30.3 Å². The molecule has 12 nitrogen and oxygen atoms in total. The molecule has 12 heteroatoms. The summed E-state index contributed by atoms with van der Waals surface area (Å²) in [7, 11) is 1.55. The van der Waals surface area contributed by atoms with Crippen molar-refractivity contribution < 1.29 is 38.5 Å². The Kier molecular flexibility index (Phi) is 11.2. The van der Waals surface area contributed by atoms with Crippen molar-refractivity contribution in [2.24, 2.45) is 0 Å². The van der Waals surface area contributed by atoms with Crippen LogP contribution in [0.4, 0.5) is 4.79 Å². The minimum atomic E-state index is -1.10. The van der Waals surface area contributed by atoms with Gasteiger partial charge in [0, 0.05) is 57.4 Å². The number of piperazine rings is 1. The Morgan fingerprint density at radius 3 is 2.30 bits per heavy atom. The molecule has 3 rings (SSSR count). The summed E-state index contributed by atoms with van der Waals surface area (Å²) >= 11 is 0. The fourth-order valence-electron chi connectivity index (χ4n) is 4.07. The van der Waals surface area contributed by atoms with E-state index in [0.717, 1.165) is 5.56 Å². The third-order valence-corrected chi connectivity index (χ3v) is 6.09. The van der Waals surface area contributed by atoms with Gasteiger partial charge in [-0.25, -0.2) is 9.78 Å². The van der Waals surface area contributed by atoms with Crippen LogP contribution in [0, 0.1) is 0 Å². The Morgan fingerprint density at radius 2 is 1.68 bits per heavy atom. The Labute approximate surface area is 233 Å². The molecule has 0 radical (unpaired) electrons. The number of nitrogens with zero attached hydrogens (tertiary/aromatic N) is 3. The zero-order valence-corrected chi connectivity index (χ0v) is 23.0. The molecule has 1 atom stereocenters. The molecule has 2 heterocycles. The molecule has 3 amide bonds. The lowest BCUT2D eigenvalue weighted by Gasteiger charge is -2.36. The van der Waals surface area contributed by atoms with Crippen LogP contribution in [-0.2, 0) is 19.1 Å². The van der Waals surface area contributed by atoms with Gasteiger partial charge in [0.2, 0.25) is 5.91 Å². The number of aliphatic carboxylic acids is 1. The maximum atomic E-state index is 13.4. The number of carboxylic acid groups (broad SMARTS) is 1. The van der Waals surface area contributed by atoms with E-state index in [2.05, 4.69) is 10.3 Å². The highest BCUT2D eigenvalue weighted by atomic mass is 16.6. The van der Waals surface area contributed by atoms with E-state index in [4.69, 9.17) is 14.2 Å². The Morgan fingerprint density at radius 1 is 1.00 bits per heavy atom. The van der Waals surface area contributed by atoms with E-state index >= 15 is 0 Å². The number of rotatable bonds is 12. The Bertz CT molecular complexity index is 1170. The van der Waals surface area contributed by atoms with Gasteiger partial charge in [-0.3, -0.25) is 14.4 Å². The van der Waals surface area contributed by atoms with Gasteiger partial charge in [0.25, 0.3) is 5.91 Å². The van der Waals surface area contributed by atoms with E-state index < -0.39 is 29.9 Å². The van der Waals surface area contributed by atoms with Gasteiger partial charge >= 0.3 is 12.1 Å². The van der Waals surface area contributed by atoms with Gasteiger partial charge in [0.05, 0.1) is 18.4 Å². The molecule has 0 unspecified atom stereocenters. The fourth-order valence-corrected chi connectivity index (χ4v) is 4.07. The third-order valence-electron chi connectivity index (χ3n) is 6.09. The van der Waals surface area contributed by atoms with E-state index in [1.807, 2.05) is 30.3 Å². The average molecular weight is 557 g/mol. The Hall–Kier alpha value is -4.19. The molecule has 0 saturated carbocycles. The van der Waals surface area contributed by atoms with E-state index in [0.29, 0.717) is 18.1 Å². The smallest absolute Gasteiger partial charge is 0.410 e. The summed E-state index contributed by atoms with van der Waals surface area (Å²) in [5.74, 6) is -1.76. The minimum Gasteiger partial charge on any atom is -0.491 e. The number of amides is 3. The number of hydrogen-bond acceptors (Lipinski definition) is 8. The van der Waals surface area contributed by atoms with Crippen molar-refractivity contribution in [2.45, 2.75) is 38.8 Å². The molecule has 2 N–H and O–H groups in total. The number of ether oxygens (including phenoxy) is 3. The van der Waals surface area contributed by atoms with E-state index in [1.54, 1.807) is 27.0 Å². The lowest BCUT2D eigenvalue weighted by molar-refractivity contribution is -0.138. The van der Waals surface area contributed by atoms with Crippen molar-refractivity contribution in [3.05, 3.63) is 48.2 Å². The zero-order chi connectivity index (χ0) is 29.1. The standard InChI is InChI=1S/C28H36N4O8/c1-19(2)40-28(37)32-13-11-31(12-14-32)27(36)22(9-10-25(33)34)30-26(35)24-18-21(39-16-15-38-3)17-23(29-24)20-7-5-4-6-8-20/h4-8,17-19,22H,9-16H2,1-3H3,(H,30,35)(H,33,34)/t22-/m0/s1. The maximum absolute atomic E-state index is 13.4. The largest absolute Gasteiger partial charge is 0.491 e. The quantitative estimate of drug-likeness (QED) is 0.376. The Balaban J connectivity index is 1.77. The van der Waals surface area contributed by atoms with Crippen LogP contribution in [0.25, 0.3) is 11.3 Å². The number of nitrogens with one attached hydrogen (secondary N) is 1. The van der Waals surface area contributed by atoms with Crippen molar-refractivity contribution >= 4 is 23.9 Å². The predicted octanol–water partition coefficient (Wildman–Crippen LogP) is 2.43. The summed E-state index contributed by atoms with van der Waals surface area (Å²) in [6.07, 6.45) is -1.14. The molecule has 0 aliphatic carbocycles. The number of benzene rings is 1. The third kappa shape index (κ3) is 8.94. The molecule has 2 aromatic rings. The number of carbonyl (C=O) groups excluding carboxylic acids is 3. The summed E-state index contributed by atoms with van der Waals surface area (Å²) in [6.45, 7) is 5.10. The number of methoxy groups -OCH3 is 1. The van der Waals surface area contributed by atoms with Crippen LogP contribution in [0.1, 0.15) is 37.2 Å². The van der Waals surface area contributed by atoms with Gasteiger partial charge < -0.3 is 34.4 Å².